The van der Waals surface area contributed by atoms with Crippen LogP contribution in [0.25, 0.3) is 0 Å². The maximum absolute atomic E-state index is 12.5. The zero-order valence-corrected chi connectivity index (χ0v) is 14.7. The highest BCUT2D eigenvalue weighted by molar-refractivity contribution is 6.53. The fraction of sp³-hybridized carbons (Fsp3) is 0.562. The van der Waals surface area contributed by atoms with Crippen LogP contribution in [0.1, 0.15) is 32.6 Å². The van der Waals surface area contributed by atoms with E-state index in [0.29, 0.717) is 11.4 Å². The minimum absolute atomic E-state index is 0.155. The van der Waals surface area contributed by atoms with Crippen LogP contribution in [-0.4, -0.2) is 23.3 Å². The van der Waals surface area contributed by atoms with Gasteiger partial charge in [0.15, 0.2) is 0 Å². The van der Waals surface area contributed by atoms with Gasteiger partial charge in [0.1, 0.15) is 4.33 Å². The molecular weight excluding hydrogens is 343 g/mol. The van der Waals surface area contributed by atoms with Crippen molar-refractivity contribution in [3.63, 3.8) is 0 Å². The molecule has 0 aromatic heterocycles. The third-order valence-electron chi connectivity index (χ3n) is 4.66. The van der Waals surface area contributed by atoms with Crippen LogP contribution in [0, 0.1) is 5.41 Å². The Kier molecular flexibility index (Phi) is 4.26. The monoisotopic (exact) mass is 360 g/mol. The topological polar surface area (TPSA) is 32.3 Å². The van der Waals surface area contributed by atoms with Gasteiger partial charge in [-0.2, -0.15) is 0 Å². The minimum Gasteiger partial charge on any atom is -0.370 e. The number of halogens is 3. The smallest absolute Gasteiger partial charge is 0.233 e. The van der Waals surface area contributed by atoms with Gasteiger partial charge in [-0.05, 0) is 50.8 Å². The number of piperidine rings is 1. The number of carbonyl (C=O) groups excluding carboxylic acids is 1. The molecule has 1 aliphatic heterocycles. The molecule has 1 aliphatic carbocycles. The SMILES string of the molecule is C[C@@]1(C(=O)Nc2cc(Cl)ccc2N2CCCCC2)CC1(Cl)Cl. The Morgan fingerprint density at radius 3 is 2.45 bits per heavy atom. The summed E-state index contributed by atoms with van der Waals surface area (Å²) in [6.45, 7) is 3.78. The molecule has 6 heteroatoms. The highest BCUT2D eigenvalue weighted by Crippen LogP contribution is 2.64. The molecule has 1 saturated carbocycles. The van der Waals surface area contributed by atoms with Crippen LogP contribution in [0.3, 0.4) is 0 Å². The van der Waals surface area contributed by atoms with Gasteiger partial charge < -0.3 is 10.2 Å². The average molecular weight is 362 g/mol. The fourth-order valence-electron chi connectivity index (χ4n) is 2.93. The van der Waals surface area contributed by atoms with Crippen molar-refractivity contribution in [1.29, 1.82) is 0 Å². The van der Waals surface area contributed by atoms with Gasteiger partial charge in [0, 0.05) is 18.1 Å². The molecule has 3 rings (SSSR count). The van der Waals surface area contributed by atoms with Crippen LogP contribution in [0.2, 0.25) is 5.02 Å². The molecule has 22 heavy (non-hydrogen) atoms. The third kappa shape index (κ3) is 2.91. The molecule has 1 aromatic carbocycles. The summed E-state index contributed by atoms with van der Waals surface area (Å²) < 4.78 is -0.971. The number of hydrogen-bond donors (Lipinski definition) is 1. The zero-order valence-electron chi connectivity index (χ0n) is 12.5. The minimum atomic E-state index is -0.971. The summed E-state index contributed by atoms with van der Waals surface area (Å²) in [7, 11) is 0. The first kappa shape index (κ1) is 16.2. The third-order valence-corrected chi connectivity index (χ3v) is 6.00. The van der Waals surface area contributed by atoms with Crippen molar-refractivity contribution < 1.29 is 4.79 Å². The second kappa shape index (κ2) is 5.77. The average Bonchev–Trinajstić information content (AvgIpc) is 3.00. The van der Waals surface area contributed by atoms with Crippen LogP contribution in [0.5, 0.6) is 0 Å². The summed E-state index contributed by atoms with van der Waals surface area (Å²) >= 11 is 18.3. The highest BCUT2D eigenvalue weighted by Gasteiger charge is 2.67. The lowest BCUT2D eigenvalue weighted by Crippen LogP contribution is -2.31. The van der Waals surface area contributed by atoms with Gasteiger partial charge in [0.25, 0.3) is 0 Å². The fourth-order valence-corrected chi connectivity index (χ4v) is 3.80. The number of nitrogens with one attached hydrogen (secondary N) is 1. The van der Waals surface area contributed by atoms with Gasteiger partial charge in [-0.25, -0.2) is 0 Å². The van der Waals surface area contributed by atoms with Crippen molar-refractivity contribution in [2.75, 3.05) is 23.3 Å². The Morgan fingerprint density at radius 2 is 1.86 bits per heavy atom. The summed E-state index contributed by atoms with van der Waals surface area (Å²) in [5, 5.41) is 3.57. The summed E-state index contributed by atoms with van der Waals surface area (Å²) in [5.74, 6) is -0.155. The number of benzene rings is 1. The summed E-state index contributed by atoms with van der Waals surface area (Å²) in [5.41, 5.74) is 1.01. The van der Waals surface area contributed by atoms with E-state index in [9.17, 15) is 4.79 Å². The Hall–Kier alpha value is -0.640. The molecule has 1 N–H and O–H groups in total. The van der Waals surface area contributed by atoms with Gasteiger partial charge in [0.2, 0.25) is 5.91 Å². The number of carbonyl (C=O) groups is 1. The van der Waals surface area contributed by atoms with Crippen molar-refractivity contribution in [2.24, 2.45) is 5.41 Å². The van der Waals surface area contributed by atoms with Gasteiger partial charge in [-0.15, -0.1) is 23.2 Å². The molecule has 2 aliphatic rings. The van der Waals surface area contributed by atoms with Crippen molar-refractivity contribution in [3.05, 3.63) is 23.2 Å². The second-order valence-electron chi connectivity index (χ2n) is 6.38. The van der Waals surface area contributed by atoms with Crippen molar-refractivity contribution in [1.82, 2.24) is 0 Å². The van der Waals surface area contributed by atoms with E-state index >= 15 is 0 Å². The Labute approximate surface area is 145 Å². The normalized spacial score (nSPS) is 26.6. The van der Waals surface area contributed by atoms with Crippen molar-refractivity contribution >= 4 is 52.1 Å². The Morgan fingerprint density at radius 1 is 1.23 bits per heavy atom. The molecule has 120 valence electrons. The molecule has 1 heterocycles. The van der Waals surface area contributed by atoms with Crippen LogP contribution in [-0.2, 0) is 4.79 Å². The van der Waals surface area contributed by atoms with E-state index in [0.717, 1.165) is 24.5 Å². The van der Waals surface area contributed by atoms with Crippen molar-refractivity contribution in [3.8, 4) is 0 Å². The first-order valence-electron chi connectivity index (χ1n) is 7.57. The van der Waals surface area contributed by atoms with Crippen LogP contribution in [0.15, 0.2) is 18.2 Å². The number of alkyl halides is 2. The molecule has 1 atom stereocenters. The largest absolute Gasteiger partial charge is 0.370 e. The Bertz CT molecular complexity index is 599. The van der Waals surface area contributed by atoms with E-state index in [2.05, 4.69) is 10.2 Å². The van der Waals surface area contributed by atoms with Crippen molar-refractivity contribution in [2.45, 2.75) is 36.9 Å². The maximum atomic E-state index is 12.5. The van der Waals surface area contributed by atoms with Crippen LogP contribution in [0.4, 0.5) is 11.4 Å². The van der Waals surface area contributed by atoms with E-state index < -0.39 is 9.75 Å². The predicted octanol–water partition coefficient (Wildman–Crippen LogP) is 4.85. The molecule has 2 fully saturated rings. The van der Waals surface area contributed by atoms with Gasteiger partial charge >= 0.3 is 0 Å². The van der Waals surface area contributed by atoms with E-state index in [-0.39, 0.29) is 5.91 Å². The lowest BCUT2D eigenvalue weighted by molar-refractivity contribution is -0.120. The molecule has 0 bridgehead atoms. The second-order valence-corrected chi connectivity index (χ2v) is 8.30. The maximum Gasteiger partial charge on any atom is 0.233 e. The standard InChI is InChI=1S/C16H19Cl3N2O/c1-15(10-16(15,18)19)14(22)20-12-9-11(17)5-6-13(12)21-7-3-2-4-8-21/h5-6,9H,2-4,7-8,10H2,1H3,(H,20,22)/t15-/m0/s1. The van der Waals surface area contributed by atoms with Gasteiger partial charge in [-0.1, -0.05) is 11.6 Å². The van der Waals surface area contributed by atoms with Gasteiger partial charge in [-0.3, -0.25) is 4.79 Å². The van der Waals surface area contributed by atoms with E-state index in [1.165, 1.54) is 19.3 Å². The molecule has 0 spiro atoms. The van der Waals surface area contributed by atoms with E-state index in [1.54, 1.807) is 13.0 Å². The zero-order chi connectivity index (χ0) is 16.0. The first-order chi connectivity index (χ1) is 10.3. The first-order valence-corrected chi connectivity index (χ1v) is 8.71. The quantitative estimate of drug-likeness (QED) is 0.780. The number of rotatable bonds is 3. The highest BCUT2D eigenvalue weighted by atomic mass is 35.5. The molecule has 1 aromatic rings. The summed E-state index contributed by atoms with van der Waals surface area (Å²) in [6, 6.07) is 5.61. The molecule has 0 unspecified atom stereocenters. The predicted molar refractivity (Wildman–Crippen MR) is 93.3 cm³/mol. The molecule has 3 nitrogen and oxygen atoms in total. The number of nitrogens with zero attached hydrogens (tertiary/aromatic N) is 1. The molecule has 0 radical (unpaired) electrons. The number of anilines is 2. The number of amides is 1. The molecular formula is C16H19Cl3N2O. The Balaban J connectivity index is 1.83. The molecule has 1 amide bonds. The lowest BCUT2D eigenvalue weighted by atomic mass is 10.1. The molecule has 1 saturated heterocycles. The van der Waals surface area contributed by atoms with Crippen LogP contribution >= 0.6 is 34.8 Å². The number of hydrogen-bond acceptors (Lipinski definition) is 2. The van der Waals surface area contributed by atoms with E-state index in [1.807, 2.05) is 12.1 Å². The lowest BCUT2D eigenvalue weighted by Gasteiger charge is -2.31. The summed E-state index contributed by atoms with van der Waals surface area (Å²) in [4.78, 5) is 14.8. The van der Waals surface area contributed by atoms with Gasteiger partial charge in [0.05, 0.1) is 16.8 Å². The summed E-state index contributed by atoms with van der Waals surface area (Å²) in [6.07, 6.45) is 4.06. The van der Waals surface area contributed by atoms with Crippen LogP contribution < -0.4 is 10.2 Å². The van der Waals surface area contributed by atoms with E-state index in [4.69, 9.17) is 34.8 Å².